The SMILES string of the molecule is CCCCNC(=NC)NCCNc1nc2ccccc2s1. The van der Waals surface area contributed by atoms with Crippen LogP contribution < -0.4 is 16.0 Å². The van der Waals surface area contributed by atoms with Crippen molar-refractivity contribution in [3.05, 3.63) is 24.3 Å². The van der Waals surface area contributed by atoms with Gasteiger partial charge in [0.25, 0.3) is 0 Å². The van der Waals surface area contributed by atoms with Gasteiger partial charge in [-0.3, -0.25) is 4.99 Å². The minimum absolute atomic E-state index is 0.807. The minimum atomic E-state index is 0.807. The molecule has 0 aliphatic rings. The summed E-state index contributed by atoms with van der Waals surface area (Å²) in [6.07, 6.45) is 2.34. The third kappa shape index (κ3) is 4.90. The molecule has 0 radical (unpaired) electrons. The zero-order chi connectivity index (χ0) is 14.9. The molecular weight excluding hydrogens is 282 g/mol. The van der Waals surface area contributed by atoms with E-state index in [4.69, 9.17) is 0 Å². The van der Waals surface area contributed by atoms with Crippen LogP contribution in [0.2, 0.25) is 0 Å². The summed E-state index contributed by atoms with van der Waals surface area (Å²) < 4.78 is 1.21. The molecule has 0 fully saturated rings. The molecule has 0 spiro atoms. The van der Waals surface area contributed by atoms with E-state index in [0.717, 1.165) is 42.7 Å². The van der Waals surface area contributed by atoms with E-state index in [1.54, 1.807) is 18.4 Å². The predicted octanol–water partition coefficient (Wildman–Crippen LogP) is 2.67. The van der Waals surface area contributed by atoms with Crippen molar-refractivity contribution in [2.24, 2.45) is 4.99 Å². The second kappa shape index (κ2) is 8.46. The lowest BCUT2D eigenvalue weighted by Crippen LogP contribution is -2.39. The van der Waals surface area contributed by atoms with Crippen LogP contribution in [0.1, 0.15) is 19.8 Å². The van der Waals surface area contributed by atoms with Crippen molar-refractivity contribution >= 4 is 32.6 Å². The van der Waals surface area contributed by atoms with E-state index in [1.165, 1.54) is 11.1 Å². The van der Waals surface area contributed by atoms with Gasteiger partial charge in [-0.15, -0.1) is 0 Å². The summed E-state index contributed by atoms with van der Waals surface area (Å²) >= 11 is 1.68. The molecule has 0 unspecified atom stereocenters. The van der Waals surface area contributed by atoms with Crippen molar-refractivity contribution in [1.82, 2.24) is 15.6 Å². The first-order chi connectivity index (χ1) is 10.3. The molecule has 5 nitrogen and oxygen atoms in total. The van der Waals surface area contributed by atoms with Crippen molar-refractivity contribution in [2.75, 3.05) is 32.0 Å². The Bertz CT molecular complexity index is 545. The molecule has 0 saturated carbocycles. The highest BCUT2D eigenvalue weighted by molar-refractivity contribution is 7.22. The Balaban J connectivity index is 1.71. The first-order valence-corrected chi connectivity index (χ1v) is 8.19. The van der Waals surface area contributed by atoms with E-state index < -0.39 is 0 Å². The number of nitrogens with one attached hydrogen (secondary N) is 3. The molecule has 1 heterocycles. The number of thiazole rings is 1. The number of hydrogen-bond acceptors (Lipinski definition) is 4. The summed E-state index contributed by atoms with van der Waals surface area (Å²) in [5.74, 6) is 0.856. The van der Waals surface area contributed by atoms with Crippen LogP contribution in [0.25, 0.3) is 10.2 Å². The largest absolute Gasteiger partial charge is 0.360 e. The van der Waals surface area contributed by atoms with Gasteiger partial charge in [0.05, 0.1) is 10.2 Å². The second-order valence-electron chi connectivity index (χ2n) is 4.69. The van der Waals surface area contributed by atoms with Crippen LogP contribution >= 0.6 is 11.3 Å². The number of rotatable bonds is 7. The van der Waals surface area contributed by atoms with Gasteiger partial charge in [-0.2, -0.15) is 0 Å². The van der Waals surface area contributed by atoms with Crippen LogP contribution in [-0.4, -0.2) is 37.6 Å². The fraction of sp³-hybridized carbons (Fsp3) is 0.467. The third-order valence-corrected chi connectivity index (χ3v) is 4.03. The van der Waals surface area contributed by atoms with Crippen LogP contribution in [0.4, 0.5) is 5.13 Å². The normalized spacial score (nSPS) is 11.6. The first-order valence-electron chi connectivity index (χ1n) is 7.37. The van der Waals surface area contributed by atoms with Gasteiger partial charge in [-0.25, -0.2) is 4.98 Å². The Labute approximate surface area is 129 Å². The summed E-state index contributed by atoms with van der Waals surface area (Å²) in [5, 5.41) is 10.9. The van der Waals surface area contributed by atoms with Gasteiger partial charge >= 0.3 is 0 Å². The Morgan fingerprint density at radius 3 is 2.76 bits per heavy atom. The van der Waals surface area contributed by atoms with Crippen molar-refractivity contribution in [1.29, 1.82) is 0 Å². The van der Waals surface area contributed by atoms with Crippen LogP contribution in [0, 0.1) is 0 Å². The minimum Gasteiger partial charge on any atom is -0.360 e. The number of para-hydroxylation sites is 1. The molecule has 0 atom stereocenters. The molecule has 0 saturated heterocycles. The highest BCUT2D eigenvalue weighted by atomic mass is 32.1. The van der Waals surface area contributed by atoms with E-state index >= 15 is 0 Å². The maximum atomic E-state index is 4.54. The molecule has 0 amide bonds. The molecular formula is C15H23N5S. The lowest BCUT2D eigenvalue weighted by Gasteiger charge is -2.11. The molecule has 1 aromatic heterocycles. The number of hydrogen-bond donors (Lipinski definition) is 3. The number of anilines is 1. The van der Waals surface area contributed by atoms with E-state index in [0.29, 0.717) is 0 Å². The highest BCUT2D eigenvalue weighted by Crippen LogP contribution is 2.24. The van der Waals surface area contributed by atoms with Gasteiger partial charge in [0.15, 0.2) is 11.1 Å². The first kappa shape index (κ1) is 15.6. The molecule has 1 aromatic carbocycles. The van der Waals surface area contributed by atoms with Crippen LogP contribution in [0.3, 0.4) is 0 Å². The Morgan fingerprint density at radius 1 is 1.19 bits per heavy atom. The van der Waals surface area contributed by atoms with E-state index in [2.05, 4.69) is 38.9 Å². The number of benzene rings is 1. The molecule has 2 aromatic rings. The molecule has 0 aliphatic carbocycles. The lowest BCUT2D eigenvalue weighted by atomic mass is 10.3. The average molecular weight is 305 g/mol. The summed E-state index contributed by atoms with van der Waals surface area (Å²) in [5.41, 5.74) is 1.05. The number of fused-ring (bicyclic) bond motifs is 1. The van der Waals surface area contributed by atoms with Gasteiger partial charge in [0.2, 0.25) is 0 Å². The van der Waals surface area contributed by atoms with Crippen LogP contribution in [-0.2, 0) is 0 Å². The lowest BCUT2D eigenvalue weighted by molar-refractivity contribution is 0.731. The maximum Gasteiger partial charge on any atom is 0.191 e. The molecule has 21 heavy (non-hydrogen) atoms. The topological polar surface area (TPSA) is 61.3 Å². The fourth-order valence-corrected chi connectivity index (χ4v) is 2.79. The fourth-order valence-electron chi connectivity index (χ4n) is 1.90. The quantitative estimate of drug-likeness (QED) is 0.418. The van der Waals surface area contributed by atoms with E-state index in [-0.39, 0.29) is 0 Å². The van der Waals surface area contributed by atoms with Crippen LogP contribution in [0.5, 0.6) is 0 Å². The van der Waals surface area contributed by atoms with Crippen molar-refractivity contribution in [3.8, 4) is 0 Å². The van der Waals surface area contributed by atoms with Crippen molar-refractivity contribution in [2.45, 2.75) is 19.8 Å². The van der Waals surface area contributed by atoms with Crippen molar-refractivity contribution in [3.63, 3.8) is 0 Å². The Kier molecular flexibility index (Phi) is 6.27. The number of aliphatic imine (C=N–C) groups is 1. The standard InChI is InChI=1S/C15H23N5S/c1-3-4-9-17-14(16-2)18-10-11-19-15-20-12-7-5-6-8-13(12)21-15/h5-8H,3-4,9-11H2,1-2H3,(H,19,20)(H2,16,17,18). The summed E-state index contributed by atoms with van der Waals surface area (Å²) in [4.78, 5) is 8.74. The zero-order valence-corrected chi connectivity index (χ0v) is 13.5. The number of guanidine groups is 1. The number of nitrogens with zero attached hydrogens (tertiary/aromatic N) is 2. The molecule has 114 valence electrons. The second-order valence-corrected chi connectivity index (χ2v) is 5.72. The van der Waals surface area contributed by atoms with Gasteiger partial charge in [-0.1, -0.05) is 36.8 Å². The Hall–Kier alpha value is -1.82. The molecule has 6 heteroatoms. The predicted molar refractivity (Wildman–Crippen MR) is 92.4 cm³/mol. The molecule has 0 bridgehead atoms. The van der Waals surface area contributed by atoms with Gasteiger partial charge in [0, 0.05) is 26.7 Å². The smallest absolute Gasteiger partial charge is 0.191 e. The molecule has 3 N–H and O–H groups in total. The van der Waals surface area contributed by atoms with Crippen LogP contribution in [0.15, 0.2) is 29.3 Å². The van der Waals surface area contributed by atoms with Gasteiger partial charge in [0.1, 0.15) is 0 Å². The zero-order valence-electron chi connectivity index (χ0n) is 12.6. The van der Waals surface area contributed by atoms with Gasteiger partial charge in [-0.05, 0) is 18.6 Å². The number of unbranched alkanes of at least 4 members (excludes halogenated alkanes) is 1. The van der Waals surface area contributed by atoms with E-state index in [9.17, 15) is 0 Å². The molecule has 0 aliphatic heterocycles. The maximum absolute atomic E-state index is 4.54. The highest BCUT2D eigenvalue weighted by Gasteiger charge is 2.02. The van der Waals surface area contributed by atoms with Gasteiger partial charge < -0.3 is 16.0 Å². The summed E-state index contributed by atoms with van der Waals surface area (Å²) in [7, 11) is 1.79. The Morgan fingerprint density at radius 2 is 2.00 bits per heavy atom. The third-order valence-electron chi connectivity index (χ3n) is 3.03. The number of aromatic nitrogens is 1. The average Bonchev–Trinajstić information content (AvgIpc) is 2.92. The summed E-state index contributed by atoms with van der Waals surface area (Å²) in [6.45, 7) is 4.76. The van der Waals surface area contributed by atoms with E-state index in [1.807, 2.05) is 18.2 Å². The van der Waals surface area contributed by atoms with Crippen molar-refractivity contribution < 1.29 is 0 Å². The molecule has 2 rings (SSSR count). The monoisotopic (exact) mass is 305 g/mol. The summed E-state index contributed by atoms with van der Waals surface area (Å²) in [6, 6.07) is 8.18.